The molecule has 0 atom stereocenters. The van der Waals surface area contributed by atoms with E-state index in [4.69, 9.17) is 0 Å². The molecule has 4 nitrogen and oxygen atoms in total. The quantitative estimate of drug-likeness (QED) is 0.527. The van der Waals surface area contributed by atoms with E-state index in [0.29, 0.717) is 0 Å². The van der Waals surface area contributed by atoms with Crippen LogP contribution in [0.15, 0.2) is 41.2 Å². The molecule has 8 heteroatoms. The summed E-state index contributed by atoms with van der Waals surface area (Å²) < 4.78 is 46.6. The SMILES string of the molecule is COC(=O)c1c(C(F)(F)F)c(C(=O)c2ccsc2)n2ccccc12. The highest BCUT2D eigenvalue weighted by atomic mass is 32.1. The van der Waals surface area contributed by atoms with Crippen molar-refractivity contribution in [2.45, 2.75) is 6.18 Å². The van der Waals surface area contributed by atoms with Crippen molar-refractivity contribution in [3.05, 3.63) is 63.6 Å². The number of ketones is 1. The van der Waals surface area contributed by atoms with Gasteiger partial charge in [-0.25, -0.2) is 4.79 Å². The van der Waals surface area contributed by atoms with E-state index in [0.717, 1.165) is 11.5 Å². The fourth-order valence-corrected chi connectivity index (χ4v) is 3.18. The molecule has 0 unspecified atom stereocenters. The maximum absolute atomic E-state index is 13.7. The number of halogens is 3. The summed E-state index contributed by atoms with van der Waals surface area (Å²) in [5.74, 6) is -1.95. The Morgan fingerprint density at radius 1 is 1.21 bits per heavy atom. The van der Waals surface area contributed by atoms with E-state index in [2.05, 4.69) is 4.74 Å². The lowest BCUT2D eigenvalue weighted by Gasteiger charge is -2.10. The van der Waals surface area contributed by atoms with Crippen molar-refractivity contribution >= 4 is 28.6 Å². The topological polar surface area (TPSA) is 47.8 Å². The molecule has 0 fully saturated rings. The second kappa shape index (κ2) is 5.79. The molecular formula is C16H10F3NO3S. The molecule has 24 heavy (non-hydrogen) atoms. The predicted molar refractivity (Wildman–Crippen MR) is 81.5 cm³/mol. The van der Waals surface area contributed by atoms with Gasteiger partial charge < -0.3 is 9.14 Å². The number of rotatable bonds is 3. The van der Waals surface area contributed by atoms with Gasteiger partial charge in [0.25, 0.3) is 0 Å². The number of nitrogens with zero attached hydrogens (tertiary/aromatic N) is 1. The lowest BCUT2D eigenvalue weighted by molar-refractivity contribution is -0.138. The molecule has 0 aromatic carbocycles. The molecule has 3 heterocycles. The molecule has 0 saturated carbocycles. The van der Waals surface area contributed by atoms with E-state index in [9.17, 15) is 22.8 Å². The minimum absolute atomic E-state index is 0.0322. The first kappa shape index (κ1) is 16.3. The zero-order chi connectivity index (χ0) is 17.5. The van der Waals surface area contributed by atoms with E-state index >= 15 is 0 Å². The van der Waals surface area contributed by atoms with Gasteiger partial charge in [-0.2, -0.15) is 24.5 Å². The first-order valence-corrected chi connectivity index (χ1v) is 7.66. The number of hydrogen-bond acceptors (Lipinski definition) is 4. The maximum Gasteiger partial charge on any atom is 0.419 e. The molecule has 0 saturated heterocycles. The minimum atomic E-state index is -4.89. The van der Waals surface area contributed by atoms with Gasteiger partial charge in [-0.3, -0.25) is 4.79 Å². The molecule has 3 aromatic rings. The Hall–Kier alpha value is -2.61. The summed E-state index contributed by atoms with van der Waals surface area (Å²) in [7, 11) is 0.995. The van der Waals surface area contributed by atoms with Crippen LogP contribution in [0, 0.1) is 0 Å². The largest absolute Gasteiger partial charge is 0.465 e. The van der Waals surface area contributed by atoms with E-state index in [-0.39, 0.29) is 11.1 Å². The van der Waals surface area contributed by atoms with Crippen molar-refractivity contribution in [3.63, 3.8) is 0 Å². The number of pyridine rings is 1. The first-order valence-electron chi connectivity index (χ1n) is 6.71. The zero-order valence-corrected chi connectivity index (χ0v) is 13.1. The van der Waals surface area contributed by atoms with Gasteiger partial charge in [0.2, 0.25) is 5.78 Å². The fourth-order valence-electron chi connectivity index (χ4n) is 2.55. The Balaban J connectivity index is 2.43. The lowest BCUT2D eigenvalue weighted by atomic mass is 10.0. The van der Waals surface area contributed by atoms with Gasteiger partial charge in [0.1, 0.15) is 11.3 Å². The summed E-state index contributed by atoms with van der Waals surface area (Å²) in [5, 5.41) is 3.06. The van der Waals surface area contributed by atoms with Crippen LogP contribution in [0.3, 0.4) is 0 Å². The van der Waals surface area contributed by atoms with Crippen molar-refractivity contribution < 1.29 is 27.5 Å². The normalized spacial score (nSPS) is 11.7. The number of esters is 1. The minimum Gasteiger partial charge on any atom is -0.465 e. The number of carbonyl (C=O) groups is 2. The monoisotopic (exact) mass is 353 g/mol. The molecule has 0 aliphatic rings. The smallest absolute Gasteiger partial charge is 0.419 e. The van der Waals surface area contributed by atoms with Crippen molar-refractivity contribution in [1.29, 1.82) is 0 Å². The molecule has 0 spiro atoms. The van der Waals surface area contributed by atoms with Crippen molar-refractivity contribution in [3.8, 4) is 0 Å². The Morgan fingerprint density at radius 2 is 1.96 bits per heavy atom. The molecule has 0 aliphatic heterocycles. The molecule has 0 bridgehead atoms. The fraction of sp³-hybridized carbons (Fsp3) is 0.125. The van der Waals surface area contributed by atoms with E-state index in [1.54, 1.807) is 5.38 Å². The van der Waals surface area contributed by atoms with Gasteiger partial charge in [0.05, 0.1) is 18.2 Å². The van der Waals surface area contributed by atoms with Gasteiger partial charge in [-0.1, -0.05) is 6.07 Å². The number of aromatic nitrogens is 1. The highest BCUT2D eigenvalue weighted by molar-refractivity contribution is 7.08. The number of carbonyl (C=O) groups excluding carboxylic acids is 2. The van der Waals surface area contributed by atoms with Gasteiger partial charge in [-0.15, -0.1) is 0 Å². The summed E-state index contributed by atoms with van der Waals surface area (Å²) in [6.07, 6.45) is -3.58. The molecule has 0 amide bonds. The average molecular weight is 353 g/mol. The zero-order valence-electron chi connectivity index (χ0n) is 12.3. The number of ether oxygens (including phenoxy) is 1. The highest BCUT2D eigenvalue weighted by Gasteiger charge is 2.44. The molecule has 0 aliphatic carbocycles. The molecule has 0 N–H and O–H groups in total. The third kappa shape index (κ3) is 2.48. The second-order valence-electron chi connectivity index (χ2n) is 4.88. The number of methoxy groups -OCH3 is 1. The number of thiophene rings is 1. The molecule has 124 valence electrons. The molecular weight excluding hydrogens is 343 g/mol. The van der Waals surface area contributed by atoms with E-state index in [1.807, 2.05) is 0 Å². The van der Waals surface area contributed by atoms with Crippen LogP contribution < -0.4 is 0 Å². The summed E-state index contributed by atoms with van der Waals surface area (Å²) in [6.45, 7) is 0. The van der Waals surface area contributed by atoms with Crippen LogP contribution in [0.1, 0.15) is 32.0 Å². The Bertz CT molecular complexity index is 926. The molecule has 3 rings (SSSR count). The van der Waals surface area contributed by atoms with Crippen LogP contribution >= 0.6 is 11.3 Å². The first-order chi connectivity index (χ1) is 11.4. The standard InChI is InChI=1S/C16H10F3NO3S/c1-23-15(22)11-10-4-2-3-6-20(10)13(12(11)16(17,18)19)14(21)9-5-7-24-8-9/h2-8H,1H3. The number of fused-ring (bicyclic) bond motifs is 1. The third-order valence-corrected chi connectivity index (χ3v) is 4.20. The summed E-state index contributed by atoms with van der Waals surface area (Å²) in [4.78, 5) is 24.6. The van der Waals surface area contributed by atoms with Crippen molar-refractivity contribution in [2.24, 2.45) is 0 Å². The van der Waals surface area contributed by atoms with Gasteiger partial charge in [0, 0.05) is 17.1 Å². The van der Waals surface area contributed by atoms with Gasteiger partial charge in [-0.05, 0) is 23.6 Å². The van der Waals surface area contributed by atoms with Gasteiger partial charge in [0.15, 0.2) is 0 Å². The number of alkyl halides is 3. The Morgan fingerprint density at radius 3 is 2.54 bits per heavy atom. The summed E-state index contributed by atoms with van der Waals surface area (Å²) in [6, 6.07) is 5.75. The Labute approximate surface area is 138 Å². The summed E-state index contributed by atoms with van der Waals surface area (Å²) >= 11 is 1.20. The van der Waals surface area contributed by atoms with Crippen molar-refractivity contribution in [1.82, 2.24) is 4.40 Å². The third-order valence-electron chi connectivity index (χ3n) is 3.52. The molecule has 0 radical (unpaired) electrons. The average Bonchev–Trinajstić information content (AvgIpc) is 3.18. The lowest BCUT2D eigenvalue weighted by Crippen LogP contribution is -2.17. The maximum atomic E-state index is 13.7. The van der Waals surface area contributed by atoms with Crippen LogP contribution in [-0.2, 0) is 10.9 Å². The van der Waals surface area contributed by atoms with Crippen molar-refractivity contribution in [2.75, 3.05) is 7.11 Å². The van der Waals surface area contributed by atoms with Crippen LogP contribution in [0.4, 0.5) is 13.2 Å². The van der Waals surface area contributed by atoms with Gasteiger partial charge >= 0.3 is 12.1 Å². The van der Waals surface area contributed by atoms with Crippen LogP contribution in [0.5, 0.6) is 0 Å². The molecule has 3 aromatic heterocycles. The van der Waals surface area contributed by atoms with E-state index in [1.165, 1.54) is 47.2 Å². The summed E-state index contributed by atoms with van der Waals surface area (Å²) in [5.41, 5.74) is -2.45. The van der Waals surface area contributed by atoms with Crippen LogP contribution in [0.25, 0.3) is 5.52 Å². The number of hydrogen-bond donors (Lipinski definition) is 0. The highest BCUT2D eigenvalue weighted by Crippen LogP contribution is 2.39. The Kier molecular flexibility index (Phi) is 3.92. The second-order valence-corrected chi connectivity index (χ2v) is 5.67. The van der Waals surface area contributed by atoms with E-state index < -0.39 is 34.7 Å². The van der Waals surface area contributed by atoms with Crippen LogP contribution in [-0.4, -0.2) is 23.3 Å². The predicted octanol–water partition coefficient (Wildman–Crippen LogP) is 4.04. The van der Waals surface area contributed by atoms with Crippen LogP contribution in [0.2, 0.25) is 0 Å².